The van der Waals surface area contributed by atoms with Crippen LogP contribution in [0.3, 0.4) is 0 Å². The molecule has 4 heteroatoms. The fraction of sp³-hybridized carbons (Fsp3) is 0.150. The number of benzene rings is 2. The van der Waals surface area contributed by atoms with Crippen molar-refractivity contribution >= 4 is 11.4 Å². The zero-order chi connectivity index (χ0) is 16.1. The van der Waals surface area contributed by atoms with Crippen LogP contribution in [-0.4, -0.2) is 13.2 Å². The molecule has 0 saturated heterocycles. The summed E-state index contributed by atoms with van der Waals surface area (Å²) in [5.74, 6) is 1.63. The van der Waals surface area contributed by atoms with Crippen molar-refractivity contribution in [3.63, 3.8) is 0 Å². The standard InChI is InChI=1S/C20H14N2O2/c21-9-13-10-24-19-14-5-1-4-8-18(14)23-11-16(19)20(13)12-22-17-7-3-2-6-15(17)20/h1-8,10,22H,11-12H2. The Morgan fingerprint density at radius 1 is 1.08 bits per heavy atom. The smallest absolute Gasteiger partial charge is 0.141 e. The Bertz CT molecular complexity index is 968. The molecule has 1 unspecified atom stereocenters. The van der Waals surface area contributed by atoms with E-state index in [-0.39, 0.29) is 0 Å². The number of nitrogens with one attached hydrogen (secondary N) is 1. The van der Waals surface area contributed by atoms with Gasteiger partial charge in [0.05, 0.1) is 22.6 Å². The lowest BCUT2D eigenvalue weighted by Gasteiger charge is -2.38. The van der Waals surface area contributed by atoms with Crippen LogP contribution in [0.25, 0.3) is 5.76 Å². The van der Waals surface area contributed by atoms with Gasteiger partial charge in [-0.3, -0.25) is 0 Å². The van der Waals surface area contributed by atoms with Crippen LogP contribution in [0, 0.1) is 11.3 Å². The summed E-state index contributed by atoms with van der Waals surface area (Å²) >= 11 is 0. The molecule has 4 nitrogen and oxygen atoms in total. The first-order chi connectivity index (χ1) is 11.8. The van der Waals surface area contributed by atoms with Crippen LogP contribution in [0.1, 0.15) is 11.1 Å². The molecule has 116 valence electrons. The summed E-state index contributed by atoms with van der Waals surface area (Å²) in [5, 5.41) is 13.2. The van der Waals surface area contributed by atoms with Gasteiger partial charge in [0.1, 0.15) is 24.4 Å². The number of anilines is 1. The molecule has 3 heterocycles. The molecule has 1 atom stereocenters. The molecule has 5 rings (SSSR count). The van der Waals surface area contributed by atoms with Crippen molar-refractivity contribution in [2.45, 2.75) is 5.41 Å². The summed E-state index contributed by atoms with van der Waals surface area (Å²) in [6.07, 6.45) is 1.60. The lowest BCUT2D eigenvalue weighted by Crippen LogP contribution is -2.39. The number of nitriles is 1. The normalized spacial score (nSPS) is 23.0. The van der Waals surface area contributed by atoms with E-state index < -0.39 is 5.41 Å². The summed E-state index contributed by atoms with van der Waals surface area (Å²) < 4.78 is 11.9. The van der Waals surface area contributed by atoms with Crippen LogP contribution in [0.5, 0.6) is 5.75 Å². The van der Waals surface area contributed by atoms with E-state index >= 15 is 0 Å². The Balaban J connectivity index is 1.80. The highest BCUT2D eigenvalue weighted by Gasteiger charge is 2.50. The number of rotatable bonds is 0. The third-order valence-electron chi connectivity index (χ3n) is 5.10. The van der Waals surface area contributed by atoms with Gasteiger partial charge in [-0.05, 0) is 23.8 Å². The predicted octanol–water partition coefficient (Wildman–Crippen LogP) is 3.59. The zero-order valence-electron chi connectivity index (χ0n) is 12.9. The molecule has 0 fully saturated rings. The first-order valence-corrected chi connectivity index (χ1v) is 7.91. The molecule has 0 bridgehead atoms. The molecule has 0 amide bonds. The number of hydrogen-bond acceptors (Lipinski definition) is 4. The first kappa shape index (κ1) is 13.3. The molecule has 3 aliphatic rings. The second kappa shape index (κ2) is 4.65. The van der Waals surface area contributed by atoms with E-state index in [0.29, 0.717) is 18.7 Å². The highest BCUT2D eigenvalue weighted by Crippen LogP contribution is 2.53. The van der Waals surface area contributed by atoms with Crippen molar-refractivity contribution < 1.29 is 9.47 Å². The molecule has 2 aromatic carbocycles. The van der Waals surface area contributed by atoms with Crippen molar-refractivity contribution in [1.29, 1.82) is 5.26 Å². The minimum absolute atomic E-state index is 0.418. The average Bonchev–Trinajstić information content (AvgIpc) is 3.02. The second-order valence-corrected chi connectivity index (χ2v) is 6.16. The quantitative estimate of drug-likeness (QED) is 0.807. The Hall–Kier alpha value is -3.19. The van der Waals surface area contributed by atoms with E-state index in [9.17, 15) is 5.26 Å². The van der Waals surface area contributed by atoms with Crippen molar-refractivity contribution in [3.8, 4) is 11.8 Å². The number of fused-ring (bicyclic) bond motifs is 5. The lowest BCUT2D eigenvalue weighted by atomic mass is 9.68. The second-order valence-electron chi connectivity index (χ2n) is 6.16. The molecule has 0 aromatic heterocycles. The molecule has 24 heavy (non-hydrogen) atoms. The van der Waals surface area contributed by atoms with Crippen molar-refractivity contribution in [2.75, 3.05) is 18.5 Å². The summed E-state index contributed by atoms with van der Waals surface area (Å²) in [7, 11) is 0. The van der Waals surface area contributed by atoms with Crippen molar-refractivity contribution in [2.24, 2.45) is 0 Å². The average molecular weight is 314 g/mol. The number of hydrogen-bond donors (Lipinski definition) is 1. The van der Waals surface area contributed by atoms with Gasteiger partial charge in [0.15, 0.2) is 0 Å². The maximum Gasteiger partial charge on any atom is 0.141 e. The SMILES string of the molecule is N#CC1=COC2=C(COc3ccccc32)C12CNc1ccccc12. The number of nitrogens with zero attached hydrogens (tertiary/aromatic N) is 1. The molecule has 0 aliphatic carbocycles. The number of ether oxygens (including phenoxy) is 2. The van der Waals surface area contributed by atoms with Gasteiger partial charge in [0, 0.05) is 17.8 Å². The third kappa shape index (κ3) is 1.51. The Morgan fingerprint density at radius 3 is 2.83 bits per heavy atom. The molecular formula is C20H14N2O2. The molecule has 3 aliphatic heterocycles. The van der Waals surface area contributed by atoms with Crippen LogP contribution >= 0.6 is 0 Å². The lowest BCUT2D eigenvalue weighted by molar-refractivity contribution is 0.295. The minimum atomic E-state index is -0.521. The molecule has 0 saturated carbocycles. The van der Waals surface area contributed by atoms with Gasteiger partial charge in [0.25, 0.3) is 0 Å². The fourth-order valence-electron chi connectivity index (χ4n) is 3.95. The van der Waals surface area contributed by atoms with E-state index in [1.54, 1.807) is 6.26 Å². The molecule has 1 N–H and O–H groups in total. The highest BCUT2D eigenvalue weighted by molar-refractivity contribution is 5.80. The van der Waals surface area contributed by atoms with Gasteiger partial charge in [0.2, 0.25) is 0 Å². The van der Waals surface area contributed by atoms with E-state index in [4.69, 9.17) is 9.47 Å². The Kier molecular flexibility index (Phi) is 2.57. The van der Waals surface area contributed by atoms with Crippen LogP contribution in [0.4, 0.5) is 5.69 Å². The van der Waals surface area contributed by atoms with Crippen LogP contribution in [-0.2, 0) is 10.2 Å². The van der Waals surface area contributed by atoms with Crippen molar-refractivity contribution in [3.05, 3.63) is 77.1 Å². The van der Waals surface area contributed by atoms with Crippen molar-refractivity contribution in [1.82, 2.24) is 0 Å². The highest BCUT2D eigenvalue weighted by atomic mass is 16.5. The number of para-hydroxylation sites is 2. The largest absolute Gasteiger partial charge is 0.488 e. The molecule has 1 spiro atoms. The van der Waals surface area contributed by atoms with Gasteiger partial charge >= 0.3 is 0 Å². The van der Waals surface area contributed by atoms with Crippen LogP contribution < -0.4 is 10.1 Å². The molecule has 0 radical (unpaired) electrons. The summed E-state index contributed by atoms with van der Waals surface area (Å²) in [6, 6.07) is 18.3. The van der Waals surface area contributed by atoms with E-state index in [1.165, 1.54) is 0 Å². The predicted molar refractivity (Wildman–Crippen MR) is 90.2 cm³/mol. The fourth-order valence-corrected chi connectivity index (χ4v) is 3.95. The maximum absolute atomic E-state index is 9.74. The summed E-state index contributed by atoms with van der Waals surface area (Å²) in [5.41, 5.74) is 4.21. The van der Waals surface area contributed by atoms with Gasteiger partial charge < -0.3 is 14.8 Å². The van der Waals surface area contributed by atoms with Crippen LogP contribution in [0.15, 0.2) is 65.9 Å². The zero-order valence-corrected chi connectivity index (χ0v) is 12.9. The van der Waals surface area contributed by atoms with Gasteiger partial charge in [-0.15, -0.1) is 0 Å². The summed E-state index contributed by atoms with van der Waals surface area (Å²) in [6.45, 7) is 1.06. The van der Waals surface area contributed by atoms with Gasteiger partial charge in [-0.1, -0.05) is 30.3 Å². The Labute approximate surface area is 139 Å². The molecule has 2 aromatic rings. The Morgan fingerprint density at radius 2 is 1.92 bits per heavy atom. The maximum atomic E-state index is 9.74. The van der Waals surface area contributed by atoms with Crippen LogP contribution in [0.2, 0.25) is 0 Å². The third-order valence-corrected chi connectivity index (χ3v) is 5.10. The van der Waals surface area contributed by atoms with Gasteiger partial charge in [-0.2, -0.15) is 5.26 Å². The topological polar surface area (TPSA) is 54.3 Å². The van der Waals surface area contributed by atoms with E-state index in [0.717, 1.165) is 33.9 Å². The first-order valence-electron chi connectivity index (χ1n) is 7.91. The summed E-state index contributed by atoms with van der Waals surface area (Å²) in [4.78, 5) is 0. The molecular weight excluding hydrogens is 300 g/mol. The monoisotopic (exact) mass is 314 g/mol. The minimum Gasteiger partial charge on any atom is -0.488 e. The van der Waals surface area contributed by atoms with E-state index in [1.807, 2.05) is 42.5 Å². The van der Waals surface area contributed by atoms with E-state index in [2.05, 4.69) is 17.5 Å². The van der Waals surface area contributed by atoms with Gasteiger partial charge in [-0.25, -0.2) is 0 Å².